The molecule has 1 saturated heterocycles. The molecule has 1 aliphatic rings. The molecule has 156 valence electrons. The van der Waals surface area contributed by atoms with E-state index in [0.717, 1.165) is 27.8 Å². The molecule has 9 heteroatoms. The summed E-state index contributed by atoms with van der Waals surface area (Å²) < 4.78 is 0. The third-order valence-electron chi connectivity index (χ3n) is 4.38. The molecular formula is C21H19ClN2O5S. The molecule has 7 nitrogen and oxygen atoms in total. The number of rotatable bonds is 7. The van der Waals surface area contributed by atoms with Crippen LogP contribution in [0.1, 0.15) is 17.5 Å². The van der Waals surface area contributed by atoms with Crippen molar-refractivity contribution >= 4 is 46.5 Å². The van der Waals surface area contributed by atoms with Crippen LogP contribution >= 0.6 is 23.4 Å². The smallest absolute Gasteiger partial charge is 0.293 e. The zero-order valence-corrected chi connectivity index (χ0v) is 17.4. The van der Waals surface area contributed by atoms with Crippen LogP contribution in [0.25, 0.3) is 6.08 Å². The summed E-state index contributed by atoms with van der Waals surface area (Å²) in [5, 5.41) is 21.6. The van der Waals surface area contributed by atoms with Gasteiger partial charge in [-0.25, -0.2) is 0 Å². The van der Waals surface area contributed by atoms with E-state index in [-0.39, 0.29) is 30.4 Å². The molecule has 1 heterocycles. The molecule has 1 fully saturated rings. The Bertz CT molecular complexity index is 1010. The van der Waals surface area contributed by atoms with Gasteiger partial charge >= 0.3 is 0 Å². The maximum absolute atomic E-state index is 12.5. The van der Waals surface area contributed by atoms with E-state index in [9.17, 15) is 24.6 Å². The minimum atomic E-state index is -0.424. The second-order valence-corrected chi connectivity index (χ2v) is 7.99. The van der Waals surface area contributed by atoms with Gasteiger partial charge in [-0.3, -0.25) is 19.3 Å². The van der Waals surface area contributed by atoms with Gasteiger partial charge in [0.1, 0.15) is 0 Å². The third kappa shape index (κ3) is 5.55. The number of nitrogens with zero attached hydrogens (tertiary/aromatic N) is 1. The summed E-state index contributed by atoms with van der Waals surface area (Å²) in [5.41, 5.74) is 1.51. The fraction of sp³-hybridized carbons (Fsp3) is 0.190. The van der Waals surface area contributed by atoms with E-state index >= 15 is 0 Å². The van der Waals surface area contributed by atoms with Crippen LogP contribution in [0.15, 0.2) is 47.4 Å². The van der Waals surface area contributed by atoms with Crippen LogP contribution in [-0.2, 0) is 16.0 Å². The summed E-state index contributed by atoms with van der Waals surface area (Å²) in [4.78, 5) is 38.0. The topological polar surface area (TPSA) is 107 Å². The number of nitrogens with one attached hydrogen (secondary N) is 1. The summed E-state index contributed by atoms with van der Waals surface area (Å²) in [6.45, 7) is 0.315. The first kappa shape index (κ1) is 21.7. The SMILES string of the molecule is O=C(CCN1C(=O)SC(=Cc2ccc(Cl)cc2)C1=O)NCCc1ccc(O)c(O)c1. The molecule has 0 bridgehead atoms. The van der Waals surface area contributed by atoms with Crippen LogP contribution in [0.2, 0.25) is 5.02 Å². The van der Waals surface area contributed by atoms with Crippen molar-refractivity contribution in [3.8, 4) is 11.5 Å². The molecule has 0 saturated carbocycles. The number of benzene rings is 2. The number of halogens is 1. The predicted molar refractivity (Wildman–Crippen MR) is 115 cm³/mol. The third-order valence-corrected chi connectivity index (χ3v) is 5.54. The highest BCUT2D eigenvalue weighted by Gasteiger charge is 2.34. The van der Waals surface area contributed by atoms with Gasteiger partial charge in [0.2, 0.25) is 5.91 Å². The van der Waals surface area contributed by atoms with Crippen molar-refractivity contribution < 1.29 is 24.6 Å². The number of imide groups is 1. The van der Waals surface area contributed by atoms with Crippen molar-refractivity contribution in [2.45, 2.75) is 12.8 Å². The number of phenolic OH excluding ortho intramolecular Hbond substituents is 2. The Morgan fingerprint density at radius 3 is 2.53 bits per heavy atom. The number of aromatic hydroxyl groups is 2. The second-order valence-electron chi connectivity index (χ2n) is 6.56. The molecule has 0 radical (unpaired) electrons. The molecule has 0 aromatic heterocycles. The highest BCUT2D eigenvalue weighted by atomic mass is 35.5. The van der Waals surface area contributed by atoms with Crippen LogP contribution in [0.5, 0.6) is 11.5 Å². The largest absolute Gasteiger partial charge is 0.504 e. The van der Waals surface area contributed by atoms with Crippen molar-refractivity contribution in [2.24, 2.45) is 0 Å². The van der Waals surface area contributed by atoms with Crippen LogP contribution in [0.4, 0.5) is 4.79 Å². The van der Waals surface area contributed by atoms with Crippen LogP contribution in [0, 0.1) is 0 Å². The van der Waals surface area contributed by atoms with E-state index in [0.29, 0.717) is 22.9 Å². The predicted octanol–water partition coefficient (Wildman–Crippen LogP) is 3.54. The Kier molecular flexibility index (Phi) is 7.02. The van der Waals surface area contributed by atoms with Crippen molar-refractivity contribution in [3.05, 3.63) is 63.5 Å². The number of hydrogen-bond acceptors (Lipinski definition) is 6. The molecule has 0 spiro atoms. The quantitative estimate of drug-likeness (QED) is 0.443. The average molecular weight is 447 g/mol. The molecule has 2 aromatic carbocycles. The van der Waals surface area contributed by atoms with Crippen molar-refractivity contribution in [3.63, 3.8) is 0 Å². The zero-order chi connectivity index (χ0) is 21.7. The Morgan fingerprint density at radius 2 is 1.83 bits per heavy atom. The van der Waals surface area contributed by atoms with E-state index in [1.54, 1.807) is 36.4 Å². The highest BCUT2D eigenvalue weighted by Crippen LogP contribution is 2.32. The van der Waals surface area contributed by atoms with Gasteiger partial charge in [0.25, 0.3) is 11.1 Å². The van der Waals surface area contributed by atoms with E-state index in [1.807, 2.05) is 0 Å². The number of phenols is 2. The van der Waals surface area contributed by atoms with Gasteiger partial charge in [0.05, 0.1) is 4.91 Å². The lowest BCUT2D eigenvalue weighted by Gasteiger charge is -2.12. The van der Waals surface area contributed by atoms with Gasteiger partial charge in [-0.1, -0.05) is 29.8 Å². The molecule has 1 aliphatic heterocycles. The number of amides is 3. The standard InChI is InChI=1S/C21H19ClN2O5S/c22-15-4-1-13(2-5-15)12-18-20(28)24(21(29)30-18)10-8-19(27)23-9-7-14-3-6-16(25)17(26)11-14/h1-6,11-12,25-26H,7-10H2,(H,23,27). The van der Waals surface area contributed by atoms with Gasteiger partial charge < -0.3 is 15.5 Å². The zero-order valence-electron chi connectivity index (χ0n) is 15.8. The summed E-state index contributed by atoms with van der Waals surface area (Å²) in [7, 11) is 0. The number of hydrogen-bond donors (Lipinski definition) is 3. The lowest BCUT2D eigenvalue weighted by Crippen LogP contribution is -2.34. The fourth-order valence-corrected chi connectivity index (χ4v) is 3.77. The lowest BCUT2D eigenvalue weighted by atomic mass is 10.1. The Labute approximate surface area is 182 Å². The van der Waals surface area contributed by atoms with Crippen LogP contribution in [-0.4, -0.2) is 45.3 Å². The van der Waals surface area contributed by atoms with E-state index in [4.69, 9.17) is 11.6 Å². The lowest BCUT2D eigenvalue weighted by molar-refractivity contribution is -0.124. The monoisotopic (exact) mass is 446 g/mol. The Balaban J connectivity index is 1.48. The first-order valence-corrected chi connectivity index (χ1v) is 10.3. The molecule has 3 N–H and O–H groups in total. The number of carbonyl (C=O) groups is 3. The first-order valence-electron chi connectivity index (χ1n) is 9.12. The molecular weight excluding hydrogens is 428 g/mol. The Morgan fingerprint density at radius 1 is 1.10 bits per heavy atom. The van der Waals surface area contributed by atoms with Crippen molar-refractivity contribution in [2.75, 3.05) is 13.1 Å². The minimum absolute atomic E-state index is 0.00550. The molecule has 2 aromatic rings. The van der Waals surface area contributed by atoms with E-state index in [2.05, 4.69) is 5.32 Å². The molecule has 0 atom stereocenters. The second kappa shape index (κ2) is 9.69. The van der Waals surface area contributed by atoms with Gasteiger partial charge in [0, 0.05) is 24.5 Å². The fourth-order valence-electron chi connectivity index (χ4n) is 2.78. The summed E-state index contributed by atoms with van der Waals surface area (Å²) in [6.07, 6.45) is 2.08. The number of thioether (sulfide) groups is 1. The summed E-state index contributed by atoms with van der Waals surface area (Å²) in [5.74, 6) is -1.14. The highest BCUT2D eigenvalue weighted by molar-refractivity contribution is 8.18. The van der Waals surface area contributed by atoms with E-state index in [1.165, 1.54) is 12.1 Å². The molecule has 0 aliphatic carbocycles. The normalized spacial score (nSPS) is 15.1. The van der Waals surface area contributed by atoms with Gasteiger partial charge in [-0.2, -0.15) is 0 Å². The average Bonchev–Trinajstić information content (AvgIpc) is 2.97. The van der Waals surface area contributed by atoms with Gasteiger partial charge in [-0.15, -0.1) is 0 Å². The van der Waals surface area contributed by atoms with E-state index < -0.39 is 11.1 Å². The van der Waals surface area contributed by atoms with Crippen molar-refractivity contribution in [1.82, 2.24) is 10.2 Å². The molecule has 0 unspecified atom stereocenters. The van der Waals surface area contributed by atoms with Gasteiger partial charge in [-0.05, 0) is 59.7 Å². The summed E-state index contributed by atoms with van der Waals surface area (Å²) in [6, 6.07) is 11.3. The van der Waals surface area contributed by atoms with Gasteiger partial charge in [0.15, 0.2) is 11.5 Å². The van der Waals surface area contributed by atoms with Crippen LogP contribution in [0.3, 0.4) is 0 Å². The minimum Gasteiger partial charge on any atom is -0.504 e. The molecule has 3 amide bonds. The summed E-state index contributed by atoms with van der Waals surface area (Å²) >= 11 is 6.68. The maximum atomic E-state index is 12.5. The number of carbonyl (C=O) groups excluding carboxylic acids is 3. The van der Waals surface area contributed by atoms with Crippen molar-refractivity contribution in [1.29, 1.82) is 0 Å². The van der Waals surface area contributed by atoms with Crippen LogP contribution < -0.4 is 5.32 Å². The molecule has 30 heavy (non-hydrogen) atoms. The first-order chi connectivity index (χ1) is 14.3. The molecule has 3 rings (SSSR count). The Hall–Kier alpha value is -2.97. The maximum Gasteiger partial charge on any atom is 0.293 e.